The van der Waals surface area contributed by atoms with Crippen LogP contribution in [0.4, 0.5) is 0 Å². The molecule has 0 heterocycles. The maximum Gasteiger partial charge on any atom is 0.118 e. The molecule has 1 aromatic rings. The average molecular weight is 146 g/mol. The zero-order valence-electron chi connectivity index (χ0n) is 6.20. The lowest BCUT2D eigenvalue weighted by atomic mass is 10.1. The molecule has 1 atom stereocenters. The molecule has 0 aliphatic heterocycles. The van der Waals surface area contributed by atoms with E-state index in [1.54, 1.807) is 0 Å². The van der Waals surface area contributed by atoms with Crippen molar-refractivity contribution in [2.45, 2.75) is 12.5 Å². The summed E-state index contributed by atoms with van der Waals surface area (Å²) >= 11 is 0. The number of aliphatic hydroxyl groups is 1. The number of rotatable bonds is 2. The highest BCUT2D eigenvalue weighted by atomic mass is 16.3. The first kappa shape index (κ1) is 7.84. The maximum atomic E-state index is 9.08. The van der Waals surface area contributed by atoms with Crippen LogP contribution in [0.5, 0.6) is 0 Å². The molecule has 56 valence electrons. The van der Waals surface area contributed by atoms with Gasteiger partial charge in [0, 0.05) is 6.42 Å². The summed E-state index contributed by atoms with van der Waals surface area (Å²) in [5, 5.41) is 9.08. The Balaban J connectivity index is 2.60. The maximum absolute atomic E-state index is 9.08. The molecule has 0 saturated carbocycles. The number of hydrogen-bond donors (Lipinski definition) is 1. The minimum Gasteiger partial charge on any atom is -0.380 e. The van der Waals surface area contributed by atoms with E-state index in [0.717, 1.165) is 5.56 Å². The summed E-state index contributed by atoms with van der Waals surface area (Å²) in [6, 6.07) is 9.68. The van der Waals surface area contributed by atoms with Crippen molar-refractivity contribution in [3.63, 3.8) is 0 Å². The topological polar surface area (TPSA) is 20.2 Å². The third-order valence-corrected chi connectivity index (χ3v) is 1.46. The first-order valence-corrected chi connectivity index (χ1v) is 3.51. The van der Waals surface area contributed by atoms with E-state index in [0.29, 0.717) is 6.42 Å². The van der Waals surface area contributed by atoms with Gasteiger partial charge in [-0.15, -0.1) is 6.42 Å². The Kier molecular flexibility index (Phi) is 2.71. The fourth-order valence-electron chi connectivity index (χ4n) is 0.896. The number of benzene rings is 1. The van der Waals surface area contributed by atoms with Gasteiger partial charge in [0.2, 0.25) is 0 Å². The van der Waals surface area contributed by atoms with Crippen LogP contribution in [0.1, 0.15) is 5.56 Å². The molecule has 0 fully saturated rings. The van der Waals surface area contributed by atoms with Gasteiger partial charge in [0.25, 0.3) is 0 Å². The van der Waals surface area contributed by atoms with E-state index >= 15 is 0 Å². The second kappa shape index (κ2) is 3.80. The molecule has 0 aliphatic carbocycles. The van der Waals surface area contributed by atoms with Crippen molar-refractivity contribution >= 4 is 0 Å². The van der Waals surface area contributed by atoms with Crippen molar-refractivity contribution in [2.75, 3.05) is 0 Å². The van der Waals surface area contributed by atoms with Crippen LogP contribution < -0.4 is 0 Å². The summed E-state index contributed by atoms with van der Waals surface area (Å²) in [4.78, 5) is 0. The van der Waals surface area contributed by atoms with Gasteiger partial charge in [0.1, 0.15) is 6.10 Å². The predicted octanol–water partition coefficient (Wildman–Crippen LogP) is 1.22. The van der Waals surface area contributed by atoms with Crippen molar-refractivity contribution in [2.24, 2.45) is 0 Å². The first-order chi connectivity index (χ1) is 5.33. The van der Waals surface area contributed by atoms with E-state index in [4.69, 9.17) is 11.5 Å². The van der Waals surface area contributed by atoms with Gasteiger partial charge in [-0.05, 0) is 5.56 Å². The largest absolute Gasteiger partial charge is 0.380 e. The Morgan fingerprint density at radius 1 is 1.36 bits per heavy atom. The number of aliphatic hydroxyl groups excluding tert-OH is 1. The highest BCUT2D eigenvalue weighted by molar-refractivity contribution is 5.17. The van der Waals surface area contributed by atoms with Gasteiger partial charge in [0.15, 0.2) is 0 Å². The second-order valence-corrected chi connectivity index (χ2v) is 2.37. The van der Waals surface area contributed by atoms with Crippen LogP contribution in [0, 0.1) is 12.3 Å². The van der Waals surface area contributed by atoms with Crippen LogP contribution in [0.3, 0.4) is 0 Å². The fraction of sp³-hybridized carbons (Fsp3) is 0.200. The molecule has 11 heavy (non-hydrogen) atoms. The molecule has 0 amide bonds. The van der Waals surface area contributed by atoms with Gasteiger partial charge in [-0.25, -0.2) is 0 Å². The molecule has 0 spiro atoms. The molecule has 0 saturated heterocycles. The highest BCUT2D eigenvalue weighted by Crippen LogP contribution is 2.01. The lowest BCUT2D eigenvalue weighted by molar-refractivity contribution is 0.233. The van der Waals surface area contributed by atoms with Gasteiger partial charge in [-0.1, -0.05) is 36.3 Å². The smallest absolute Gasteiger partial charge is 0.118 e. The van der Waals surface area contributed by atoms with Crippen molar-refractivity contribution in [3.8, 4) is 12.3 Å². The molecule has 1 nitrogen and oxygen atoms in total. The van der Waals surface area contributed by atoms with Crippen LogP contribution in [-0.4, -0.2) is 11.2 Å². The normalized spacial score (nSPS) is 12.0. The van der Waals surface area contributed by atoms with Gasteiger partial charge in [-0.2, -0.15) is 0 Å². The second-order valence-electron chi connectivity index (χ2n) is 2.37. The zero-order chi connectivity index (χ0) is 8.10. The van der Waals surface area contributed by atoms with Crippen LogP contribution in [0.2, 0.25) is 0 Å². The number of hydrogen-bond acceptors (Lipinski definition) is 1. The molecule has 1 heteroatoms. The quantitative estimate of drug-likeness (QED) is 0.622. The minimum atomic E-state index is -0.655. The van der Waals surface area contributed by atoms with Gasteiger partial charge >= 0.3 is 0 Å². The van der Waals surface area contributed by atoms with E-state index in [1.165, 1.54) is 0 Å². The van der Waals surface area contributed by atoms with Gasteiger partial charge in [-0.3, -0.25) is 0 Å². The Morgan fingerprint density at radius 3 is 2.55 bits per heavy atom. The fourth-order valence-corrected chi connectivity index (χ4v) is 0.896. The minimum absolute atomic E-state index is 0.539. The monoisotopic (exact) mass is 146 g/mol. The molecule has 0 aliphatic rings. The van der Waals surface area contributed by atoms with Crippen molar-refractivity contribution < 1.29 is 5.11 Å². The van der Waals surface area contributed by atoms with Crippen molar-refractivity contribution in [1.82, 2.24) is 0 Å². The van der Waals surface area contributed by atoms with Crippen LogP contribution >= 0.6 is 0 Å². The van der Waals surface area contributed by atoms with Crippen LogP contribution in [0.15, 0.2) is 30.3 Å². The van der Waals surface area contributed by atoms with Gasteiger partial charge in [0.05, 0.1) is 0 Å². The Hall–Kier alpha value is -1.26. The van der Waals surface area contributed by atoms with E-state index < -0.39 is 6.10 Å². The Labute approximate surface area is 66.7 Å². The molecule has 1 aromatic carbocycles. The molecule has 1 N–H and O–H groups in total. The molecule has 0 radical (unpaired) electrons. The summed E-state index contributed by atoms with van der Waals surface area (Å²) in [5.41, 5.74) is 1.07. The summed E-state index contributed by atoms with van der Waals surface area (Å²) in [6.45, 7) is 0. The summed E-state index contributed by atoms with van der Waals surface area (Å²) in [5.74, 6) is 2.27. The molecular weight excluding hydrogens is 136 g/mol. The summed E-state index contributed by atoms with van der Waals surface area (Å²) < 4.78 is 0. The van der Waals surface area contributed by atoms with Crippen molar-refractivity contribution in [1.29, 1.82) is 0 Å². The van der Waals surface area contributed by atoms with E-state index in [1.807, 2.05) is 30.3 Å². The lowest BCUT2D eigenvalue weighted by Gasteiger charge is -2.01. The standard InChI is InChI=1S/C10H10O/c1-2-10(11)8-9-6-4-3-5-7-9/h1,3-7,10-11H,8H2. The predicted molar refractivity (Wildman–Crippen MR) is 45.0 cm³/mol. The summed E-state index contributed by atoms with van der Waals surface area (Å²) in [6.07, 6.45) is 4.90. The van der Waals surface area contributed by atoms with E-state index in [-0.39, 0.29) is 0 Å². The SMILES string of the molecule is C#CC(O)Cc1ccccc1. The lowest BCUT2D eigenvalue weighted by Crippen LogP contribution is -2.06. The van der Waals surface area contributed by atoms with Gasteiger partial charge < -0.3 is 5.11 Å². The molecule has 1 rings (SSSR count). The average Bonchev–Trinajstić information content (AvgIpc) is 2.06. The van der Waals surface area contributed by atoms with Crippen LogP contribution in [-0.2, 0) is 6.42 Å². The zero-order valence-corrected chi connectivity index (χ0v) is 6.20. The van der Waals surface area contributed by atoms with E-state index in [9.17, 15) is 0 Å². The Morgan fingerprint density at radius 2 is 2.00 bits per heavy atom. The van der Waals surface area contributed by atoms with Crippen molar-refractivity contribution in [3.05, 3.63) is 35.9 Å². The van der Waals surface area contributed by atoms with Crippen LogP contribution in [0.25, 0.3) is 0 Å². The third kappa shape index (κ3) is 2.45. The first-order valence-electron chi connectivity index (χ1n) is 3.51. The summed E-state index contributed by atoms with van der Waals surface area (Å²) in [7, 11) is 0. The number of terminal acetylenes is 1. The molecule has 1 unspecified atom stereocenters. The molecule has 0 aromatic heterocycles. The molecule has 0 bridgehead atoms. The molecular formula is C10H10O. The third-order valence-electron chi connectivity index (χ3n) is 1.46. The highest BCUT2D eigenvalue weighted by Gasteiger charge is 1.98. The van der Waals surface area contributed by atoms with E-state index in [2.05, 4.69) is 5.92 Å². The Bertz CT molecular complexity index is 245.